The highest BCUT2D eigenvalue weighted by Gasteiger charge is 2.19. The lowest BCUT2D eigenvalue weighted by Gasteiger charge is -2.12. The van der Waals surface area contributed by atoms with Gasteiger partial charge in [-0.1, -0.05) is 23.7 Å². The summed E-state index contributed by atoms with van der Waals surface area (Å²) in [5.74, 6) is -0.609. The van der Waals surface area contributed by atoms with Gasteiger partial charge in [-0.05, 0) is 56.2 Å². The normalized spacial score (nSPS) is 12.1. The number of carbonyl (C=O) groups is 2. The Kier molecular flexibility index (Phi) is 6.01. The number of benzene rings is 2. The van der Waals surface area contributed by atoms with Crippen LogP contribution in [0.25, 0.3) is 10.2 Å². The summed E-state index contributed by atoms with van der Waals surface area (Å²) in [6.45, 7) is 1.59. The maximum absolute atomic E-state index is 12.3. The van der Waals surface area contributed by atoms with E-state index in [4.69, 9.17) is 16.3 Å². The lowest BCUT2D eigenvalue weighted by atomic mass is 10.1. The summed E-state index contributed by atoms with van der Waals surface area (Å²) in [5.41, 5.74) is 1.46. The Morgan fingerprint density at radius 1 is 1.15 bits per heavy atom. The number of hydrogen-bond acceptors (Lipinski definition) is 5. The Labute approximate surface area is 160 Å². The summed E-state index contributed by atoms with van der Waals surface area (Å²) in [6.07, 6.45) is 0.800. The number of hydrogen-bond donors (Lipinski definition) is 0. The fraction of sp³-hybridized carbons (Fsp3) is 0.250. The zero-order valence-corrected chi connectivity index (χ0v) is 15.8. The molecule has 0 saturated carbocycles. The molecule has 0 spiro atoms. The van der Waals surface area contributed by atoms with Crippen LogP contribution in [0.3, 0.4) is 0 Å². The highest BCUT2D eigenvalue weighted by molar-refractivity contribution is 7.18. The topological polar surface area (TPSA) is 56.3 Å². The molecular formula is C20H18ClNO3S. The Bertz CT molecular complexity index is 887. The third kappa shape index (κ3) is 4.68. The molecule has 1 aromatic heterocycles. The molecular weight excluding hydrogens is 370 g/mol. The van der Waals surface area contributed by atoms with Gasteiger partial charge < -0.3 is 4.74 Å². The first-order chi connectivity index (χ1) is 12.5. The maximum Gasteiger partial charge on any atom is 0.306 e. The van der Waals surface area contributed by atoms with Crippen molar-refractivity contribution in [2.45, 2.75) is 32.3 Å². The number of esters is 1. The number of aromatic nitrogens is 1. The zero-order chi connectivity index (χ0) is 18.5. The van der Waals surface area contributed by atoms with Gasteiger partial charge >= 0.3 is 5.97 Å². The van der Waals surface area contributed by atoms with Gasteiger partial charge in [0.2, 0.25) is 5.78 Å². The molecule has 0 aliphatic carbocycles. The molecule has 3 rings (SSSR count). The molecule has 0 bridgehead atoms. The minimum absolute atomic E-state index is 0.235. The largest absolute Gasteiger partial charge is 0.454 e. The minimum Gasteiger partial charge on any atom is -0.454 e. The Balaban J connectivity index is 1.47. The van der Waals surface area contributed by atoms with Gasteiger partial charge in [-0.15, -0.1) is 11.3 Å². The molecule has 0 N–H and O–H groups in total. The average molecular weight is 388 g/mol. The number of rotatable bonds is 7. The number of carbonyl (C=O) groups excluding carboxylic acids is 2. The fourth-order valence-electron chi connectivity index (χ4n) is 2.57. The van der Waals surface area contributed by atoms with Crippen LogP contribution in [0.2, 0.25) is 5.02 Å². The number of aryl methyl sites for hydroxylation is 1. The highest BCUT2D eigenvalue weighted by atomic mass is 35.5. The molecule has 0 unspecified atom stereocenters. The SMILES string of the molecule is C[C@@H](OC(=O)CCCc1nc2ccccc2s1)C(=O)c1ccc(Cl)cc1. The van der Waals surface area contributed by atoms with Gasteiger partial charge in [0.25, 0.3) is 0 Å². The van der Waals surface area contributed by atoms with Crippen molar-refractivity contribution in [1.29, 1.82) is 0 Å². The average Bonchev–Trinajstić information content (AvgIpc) is 3.04. The van der Waals surface area contributed by atoms with E-state index in [9.17, 15) is 9.59 Å². The van der Waals surface area contributed by atoms with Crippen LogP contribution in [0.4, 0.5) is 0 Å². The van der Waals surface area contributed by atoms with Gasteiger partial charge in [0, 0.05) is 17.0 Å². The van der Waals surface area contributed by atoms with Crippen molar-refractivity contribution >= 4 is 44.9 Å². The van der Waals surface area contributed by atoms with Crippen molar-refractivity contribution in [3.05, 3.63) is 64.1 Å². The number of para-hydroxylation sites is 1. The van der Waals surface area contributed by atoms with Gasteiger partial charge in [-0.2, -0.15) is 0 Å². The van der Waals surface area contributed by atoms with Crippen LogP contribution in [-0.4, -0.2) is 22.8 Å². The van der Waals surface area contributed by atoms with Crippen molar-refractivity contribution in [3.8, 4) is 0 Å². The van der Waals surface area contributed by atoms with Crippen LogP contribution < -0.4 is 0 Å². The highest BCUT2D eigenvalue weighted by Crippen LogP contribution is 2.22. The quantitative estimate of drug-likeness (QED) is 0.418. The van der Waals surface area contributed by atoms with Gasteiger partial charge in [-0.25, -0.2) is 4.98 Å². The number of thiazole rings is 1. The van der Waals surface area contributed by atoms with E-state index in [2.05, 4.69) is 4.98 Å². The molecule has 26 heavy (non-hydrogen) atoms. The second-order valence-corrected chi connectivity index (χ2v) is 7.48. The summed E-state index contributed by atoms with van der Waals surface area (Å²) in [7, 11) is 0. The molecule has 1 atom stereocenters. The van der Waals surface area contributed by atoms with Crippen molar-refractivity contribution in [2.24, 2.45) is 0 Å². The fourth-order valence-corrected chi connectivity index (χ4v) is 3.70. The first-order valence-corrected chi connectivity index (χ1v) is 9.56. The van der Waals surface area contributed by atoms with E-state index < -0.39 is 6.10 Å². The van der Waals surface area contributed by atoms with Gasteiger partial charge in [0.1, 0.15) is 0 Å². The van der Waals surface area contributed by atoms with Crippen LogP contribution in [0, 0.1) is 0 Å². The predicted molar refractivity (Wildman–Crippen MR) is 104 cm³/mol. The van der Waals surface area contributed by atoms with E-state index in [-0.39, 0.29) is 18.2 Å². The molecule has 2 aromatic carbocycles. The standard InChI is InChI=1S/C20H18ClNO3S/c1-13(20(24)14-9-11-15(21)12-10-14)25-19(23)8-4-7-18-22-16-5-2-3-6-17(16)26-18/h2-3,5-6,9-13H,4,7-8H2,1H3/t13-/m1/s1. The summed E-state index contributed by atoms with van der Waals surface area (Å²) in [5, 5.41) is 1.56. The van der Waals surface area contributed by atoms with E-state index in [1.807, 2.05) is 24.3 Å². The lowest BCUT2D eigenvalue weighted by Crippen LogP contribution is -2.24. The van der Waals surface area contributed by atoms with E-state index in [0.717, 1.165) is 15.2 Å². The third-order valence-electron chi connectivity index (χ3n) is 3.92. The summed E-state index contributed by atoms with van der Waals surface area (Å²) < 4.78 is 6.40. The van der Waals surface area contributed by atoms with Crippen molar-refractivity contribution < 1.29 is 14.3 Å². The molecule has 0 amide bonds. The number of fused-ring (bicyclic) bond motifs is 1. The van der Waals surface area contributed by atoms with E-state index in [1.54, 1.807) is 42.5 Å². The summed E-state index contributed by atoms with van der Waals surface area (Å²) >= 11 is 7.45. The number of ketones is 1. The molecule has 134 valence electrons. The number of Topliss-reactive ketones (excluding diaryl/α,β-unsaturated/α-hetero) is 1. The minimum atomic E-state index is -0.814. The molecule has 4 nitrogen and oxygen atoms in total. The Hall–Kier alpha value is -2.24. The molecule has 0 radical (unpaired) electrons. The molecule has 0 aliphatic heterocycles. The maximum atomic E-state index is 12.3. The van der Waals surface area contributed by atoms with Crippen LogP contribution in [-0.2, 0) is 16.0 Å². The molecule has 3 aromatic rings. The van der Waals surface area contributed by atoms with E-state index >= 15 is 0 Å². The number of ether oxygens (including phenoxy) is 1. The number of halogens is 1. The Morgan fingerprint density at radius 2 is 1.88 bits per heavy atom. The smallest absolute Gasteiger partial charge is 0.306 e. The molecule has 0 saturated heterocycles. The second kappa shape index (κ2) is 8.43. The number of nitrogens with zero attached hydrogens (tertiary/aromatic N) is 1. The van der Waals surface area contributed by atoms with Crippen molar-refractivity contribution in [3.63, 3.8) is 0 Å². The monoisotopic (exact) mass is 387 g/mol. The molecule has 1 heterocycles. The van der Waals surface area contributed by atoms with Crippen molar-refractivity contribution in [2.75, 3.05) is 0 Å². The van der Waals surface area contributed by atoms with Crippen molar-refractivity contribution in [1.82, 2.24) is 4.98 Å². The second-order valence-electron chi connectivity index (χ2n) is 5.93. The third-order valence-corrected chi connectivity index (χ3v) is 5.26. The molecule has 6 heteroatoms. The van der Waals surface area contributed by atoms with Gasteiger partial charge in [0.15, 0.2) is 6.10 Å². The first-order valence-electron chi connectivity index (χ1n) is 8.36. The van der Waals surface area contributed by atoms with Crippen LogP contribution in [0.15, 0.2) is 48.5 Å². The predicted octanol–water partition coefficient (Wildman–Crippen LogP) is 5.09. The van der Waals surface area contributed by atoms with E-state index in [0.29, 0.717) is 23.4 Å². The summed E-state index contributed by atoms with van der Waals surface area (Å²) in [4.78, 5) is 28.8. The lowest BCUT2D eigenvalue weighted by molar-refractivity contribution is -0.146. The summed E-state index contributed by atoms with van der Waals surface area (Å²) in [6, 6.07) is 14.5. The molecule has 0 fully saturated rings. The van der Waals surface area contributed by atoms with Crippen LogP contribution in [0.1, 0.15) is 35.1 Å². The molecule has 0 aliphatic rings. The zero-order valence-electron chi connectivity index (χ0n) is 14.3. The Morgan fingerprint density at radius 3 is 2.62 bits per heavy atom. The van der Waals surface area contributed by atoms with Crippen LogP contribution in [0.5, 0.6) is 0 Å². The first kappa shape index (κ1) is 18.5. The van der Waals surface area contributed by atoms with Crippen LogP contribution >= 0.6 is 22.9 Å². The van der Waals surface area contributed by atoms with Gasteiger partial charge in [0.05, 0.1) is 15.2 Å². The van der Waals surface area contributed by atoms with E-state index in [1.165, 1.54) is 0 Å². The van der Waals surface area contributed by atoms with Gasteiger partial charge in [-0.3, -0.25) is 9.59 Å².